The zero-order valence-electron chi connectivity index (χ0n) is 25.0. The fourth-order valence-corrected chi connectivity index (χ4v) is 8.36. The van der Waals surface area contributed by atoms with Gasteiger partial charge >= 0.3 is 11.9 Å². The average molecular weight is 633 g/mol. The highest BCUT2D eigenvalue weighted by Gasteiger charge is 2.41. The van der Waals surface area contributed by atoms with E-state index in [2.05, 4.69) is 10.6 Å². The Kier molecular flexibility index (Phi) is 9.00. The quantitative estimate of drug-likeness (QED) is 0.244. The normalized spacial score (nSPS) is 22.0. The van der Waals surface area contributed by atoms with Crippen molar-refractivity contribution >= 4 is 46.2 Å². The molecule has 8 nitrogen and oxygen atoms in total. The van der Waals surface area contributed by atoms with Crippen LogP contribution in [0.2, 0.25) is 0 Å². The molecule has 0 amide bonds. The second kappa shape index (κ2) is 13.1. The van der Waals surface area contributed by atoms with Gasteiger partial charge in [0.25, 0.3) is 0 Å². The predicted molar refractivity (Wildman–Crippen MR) is 169 cm³/mol. The topological polar surface area (TPSA) is 111 Å². The smallest absolute Gasteiger partial charge is 0.336 e. The highest BCUT2D eigenvalue weighted by Crippen LogP contribution is 2.45. The standard InChI is InChI=1S/C34H36N2O6S2/c1-19-27(31(25-13-7-17-43-25)29-21(35-19)9-5-11-23(29)37)33(39)41-15-3-4-16-42-34(40)28-20(2)36-22-10-6-12-24(38)30(22)32(28)26-14-8-18-44-26/h7-8,13-14,17-18,31-32,35-36H,3-6,9-12,15-16H2,1-2H3/t31-,32+. The Balaban J connectivity index is 1.06. The van der Waals surface area contributed by atoms with Crippen molar-refractivity contribution < 1.29 is 28.7 Å². The summed E-state index contributed by atoms with van der Waals surface area (Å²) < 4.78 is 11.4. The number of ketones is 2. The molecule has 2 aliphatic heterocycles. The van der Waals surface area contributed by atoms with E-state index in [1.807, 2.05) is 48.9 Å². The Bertz CT molecular complexity index is 1490. The first kappa shape index (κ1) is 30.3. The summed E-state index contributed by atoms with van der Waals surface area (Å²) in [5.74, 6) is -1.56. The maximum Gasteiger partial charge on any atom is 0.336 e. The van der Waals surface area contributed by atoms with Gasteiger partial charge in [-0.25, -0.2) is 9.59 Å². The lowest BCUT2D eigenvalue weighted by atomic mass is 9.78. The van der Waals surface area contributed by atoms with Crippen molar-refractivity contribution in [3.63, 3.8) is 0 Å². The number of carbonyl (C=O) groups excluding carboxylic acids is 4. The first-order valence-corrected chi connectivity index (χ1v) is 17.0. The van der Waals surface area contributed by atoms with Crippen LogP contribution in [-0.4, -0.2) is 36.7 Å². The molecule has 0 fully saturated rings. The van der Waals surface area contributed by atoms with E-state index >= 15 is 0 Å². The first-order chi connectivity index (χ1) is 21.3. The molecule has 0 saturated carbocycles. The summed E-state index contributed by atoms with van der Waals surface area (Å²) in [5.41, 5.74) is 5.58. The first-order valence-electron chi connectivity index (χ1n) is 15.2. The van der Waals surface area contributed by atoms with Gasteiger partial charge in [0.2, 0.25) is 0 Å². The van der Waals surface area contributed by atoms with E-state index in [0.29, 0.717) is 48.0 Å². The molecule has 0 bridgehead atoms. The van der Waals surface area contributed by atoms with Gasteiger partial charge in [-0.3, -0.25) is 9.59 Å². The lowest BCUT2D eigenvalue weighted by molar-refractivity contribution is -0.142. The van der Waals surface area contributed by atoms with Crippen molar-refractivity contribution in [3.8, 4) is 0 Å². The molecule has 4 aliphatic rings. The van der Waals surface area contributed by atoms with Gasteiger partial charge in [0.1, 0.15) is 0 Å². The summed E-state index contributed by atoms with van der Waals surface area (Å²) in [6, 6.07) is 7.79. The Morgan fingerprint density at radius 1 is 0.727 bits per heavy atom. The minimum Gasteiger partial charge on any atom is -0.462 e. The average Bonchev–Trinajstić information content (AvgIpc) is 3.73. The molecule has 4 heterocycles. The number of dihydropyridines is 2. The van der Waals surface area contributed by atoms with Crippen LogP contribution >= 0.6 is 22.7 Å². The zero-order chi connectivity index (χ0) is 30.8. The van der Waals surface area contributed by atoms with Crippen molar-refractivity contribution in [2.45, 2.75) is 77.0 Å². The Morgan fingerprint density at radius 3 is 1.55 bits per heavy atom. The van der Waals surface area contributed by atoms with Gasteiger partial charge in [-0.1, -0.05) is 12.1 Å². The van der Waals surface area contributed by atoms with Gasteiger partial charge in [0.15, 0.2) is 11.6 Å². The van der Waals surface area contributed by atoms with Crippen LogP contribution in [0.3, 0.4) is 0 Å². The summed E-state index contributed by atoms with van der Waals surface area (Å²) in [4.78, 5) is 54.6. The summed E-state index contributed by atoms with van der Waals surface area (Å²) in [6.45, 7) is 4.05. The lowest BCUT2D eigenvalue weighted by Gasteiger charge is -2.33. The second-order valence-electron chi connectivity index (χ2n) is 11.5. The SMILES string of the molecule is CC1=C(C(=O)OCCCCOC(=O)C2=C(C)NC3=C(C(=O)CCC3)[C@H]2c2cccs2)[C@@H](c2cccs2)C2=C(CCCC2=O)N1. The number of hydrogen-bond donors (Lipinski definition) is 2. The largest absolute Gasteiger partial charge is 0.462 e. The molecule has 10 heteroatoms. The molecule has 0 radical (unpaired) electrons. The molecule has 2 aromatic heterocycles. The van der Waals surface area contributed by atoms with Crippen molar-refractivity contribution in [2.75, 3.05) is 13.2 Å². The number of ether oxygens (including phenoxy) is 2. The molecule has 230 valence electrons. The van der Waals surface area contributed by atoms with Crippen LogP contribution in [0.25, 0.3) is 0 Å². The monoisotopic (exact) mass is 632 g/mol. The number of esters is 2. The van der Waals surface area contributed by atoms with Crippen molar-refractivity contribution in [1.82, 2.24) is 10.6 Å². The number of rotatable bonds is 9. The van der Waals surface area contributed by atoms with Gasteiger partial charge in [-0.15, -0.1) is 22.7 Å². The fraction of sp³-hybridized carbons (Fsp3) is 0.412. The van der Waals surface area contributed by atoms with E-state index < -0.39 is 23.8 Å². The summed E-state index contributed by atoms with van der Waals surface area (Å²) >= 11 is 3.06. The molecule has 2 aliphatic carbocycles. The fourth-order valence-electron chi connectivity index (χ4n) is 6.68. The Labute approximate surface area is 264 Å². The molecule has 6 rings (SSSR count). The third-order valence-corrected chi connectivity index (χ3v) is 10.5. The van der Waals surface area contributed by atoms with Crippen molar-refractivity contribution in [2.24, 2.45) is 0 Å². The third-order valence-electron chi connectivity index (χ3n) is 8.65. The van der Waals surface area contributed by atoms with Gasteiger partial charge < -0.3 is 20.1 Å². The number of carbonyl (C=O) groups is 4. The van der Waals surface area contributed by atoms with Crippen LogP contribution < -0.4 is 10.6 Å². The molecule has 0 saturated heterocycles. The van der Waals surface area contributed by atoms with E-state index in [1.165, 1.54) is 22.7 Å². The second-order valence-corrected chi connectivity index (χ2v) is 13.5. The van der Waals surface area contributed by atoms with Gasteiger partial charge in [0.05, 0.1) is 36.2 Å². The minimum atomic E-state index is -0.440. The maximum absolute atomic E-state index is 13.4. The minimum absolute atomic E-state index is 0.0805. The van der Waals surface area contributed by atoms with Crippen LogP contribution in [0.4, 0.5) is 0 Å². The maximum atomic E-state index is 13.4. The van der Waals surface area contributed by atoms with Crippen molar-refractivity contribution in [1.29, 1.82) is 0 Å². The number of allylic oxidation sites excluding steroid dienone is 6. The molecule has 44 heavy (non-hydrogen) atoms. The Morgan fingerprint density at radius 2 is 1.16 bits per heavy atom. The zero-order valence-corrected chi connectivity index (χ0v) is 26.6. The predicted octanol–water partition coefficient (Wildman–Crippen LogP) is 6.31. The number of thiophene rings is 2. The Hall–Kier alpha value is -3.76. The number of unbranched alkanes of at least 4 members (excludes halogenated alkanes) is 1. The molecule has 2 aromatic rings. The number of hydrogen-bond acceptors (Lipinski definition) is 10. The van der Waals surface area contributed by atoms with Gasteiger partial charge in [-0.05, 0) is 75.3 Å². The van der Waals surface area contributed by atoms with Crippen LogP contribution in [-0.2, 0) is 28.7 Å². The molecular formula is C34H36N2O6S2. The molecular weight excluding hydrogens is 597 g/mol. The van der Waals surface area contributed by atoms with Gasteiger partial charge in [-0.2, -0.15) is 0 Å². The molecule has 0 spiro atoms. The van der Waals surface area contributed by atoms with Crippen LogP contribution in [0.1, 0.15) is 86.8 Å². The number of nitrogens with one attached hydrogen (secondary N) is 2. The summed E-state index contributed by atoms with van der Waals surface area (Å²) in [5, 5.41) is 10.5. The third kappa shape index (κ3) is 5.85. The summed E-state index contributed by atoms with van der Waals surface area (Å²) in [7, 11) is 0. The van der Waals surface area contributed by atoms with Crippen LogP contribution in [0, 0.1) is 0 Å². The van der Waals surface area contributed by atoms with E-state index in [0.717, 1.165) is 58.2 Å². The van der Waals surface area contributed by atoms with E-state index in [4.69, 9.17) is 9.47 Å². The van der Waals surface area contributed by atoms with Crippen molar-refractivity contribution in [3.05, 3.63) is 89.9 Å². The van der Waals surface area contributed by atoms with Crippen LogP contribution in [0.5, 0.6) is 0 Å². The van der Waals surface area contributed by atoms with E-state index in [1.54, 1.807) is 0 Å². The molecule has 0 unspecified atom stereocenters. The lowest BCUT2D eigenvalue weighted by Crippen LogP contribution is -2.34. The highest BCUT2D eigenvalue weighted by molar-refractivity contribution is 7.10. The molecule has 2 N–H and O–H groups in total. The highest BCUT2D eigenvalue weighted by atomic mass is 32.1. The number of Topliss-reactive ketones (excluding diaryl/α,β-unsaturated/α-hetero) is 2. The van der Waals surface area contributed by atoms with E-state index in [-0.39, 0.29) is 24.8 Å². The molecule has 2 atom stereocenters. The van der Waals surface area contributed by atoms with Crippen LogP contribution in [0.15, 0.2) is 80.1 Å². The van der Waals surface area contributed by atoms with Gasteiger partial charge in [0, 0.05) is 56.5 Å². The molecule has 0 aromatic carbocycles. The summed E-state index contributed by atoms with van der Waals surface area (Å²) in [6.07, 6.45) is 5.17. The van der Waals surface area contributed by atoms with E-state index in [9.17, 15) is 19.2 Å².